The van der Waals surface area contributed by atoms with E-state index in [0.29, 0.717) is 0 Å². The van der Waals surface area contributed by atoms with Gasteiger partial charge in [0.15, 0.2) is 6.61 Å². The fraction of sp³-hybridized carbons (Fsp3) is 0.778. The lowest BCUT2D eigenvalue weighted by atomic mass is 10.2. The third-order valence-electron chi connectivity index (χ3n) is 1.55. The molecule has 2 N–H and O–H groups in total. The summed E-state index contributed by atoms with van der Waals surface area (Å²) in [6.45, 7) is 1.43. The van der Waals surface area contributed by atoms with Crippen LogP contribution >= 0.6 is 0 Å². The summed E-state index contributed by atoms with van der Waals surface area (Å²) in [4.78, 5) is 22.8. The number of nitrogens with two attached hydrogens (primary N) is 1. The van der Waals surface area contributed by atoms with E-state index in [2.05, 4.69) is 4.74 Å². The molecule has 0 spiro atoms. The summed E-state index contributed by atoms with van der Waals surface area (Å²) in [6, 6.07) is 0. The number of alkyl halides is 3. The van der Waals surface area contributed by atoms with Crippen LogP contribution in [0.25, 0.3) is 0 Å². The van der Waals surface area contributed by atoms with Gasteiger partial charge < -0.3 is 10.5 Å². The number of amides is 2. The van der Waals surface area contributed by atoms with Gasteiger partial charge in [0.1, 0.15) is 6.54 Å². The molecule has 0 bridgehead atoms. The lowest BCUT2D eigenvalue weighted by Crippen LogP contribution is -2.41. The molecule has 0 aromatic rings. The van der Waals surface area contributed by atoms with Crippen LogP contribution in [0.5, 0.6) is 0 Å². The Labute approximate surface area is 96.7 Å². The van der Waals surface area contributed by atoms with Gasteiger partial charge in [-0.1, -0.05) is 13.8 Å². The zero-order valence-corrected chi connectivity index (χ0v) is 9.58. The Kier molecular flexibility index (Phi) is 5.77. The molecular formula is C9H15F3N2O3. The number of halogens is 3. The highest BCUT2D eigenvalue weighted by Crippen LogP contribution is 2.15. The van der Waals surface area contributed by atoms with E-state index >= 15 is 0 Å². The summed E-state index contributed by atoms with van der Waals surface area (Å²) in [5.41, 5.74) is 4.88. The second kappa shape index (κ2) is 6.31. The molecule has 0 unspecified atom stereocenters. The molecule has 0 saturated heterocycles. The van der Waals surface area contributed by atoms with E-state index in [9.17, 15) is 22.8 Å². The minimum atomic E-state index is -4.59. The van der Waals surface area contributed by atoms with Crippen LogP contribution in [0.1, 0.15) is 13.8 Å². The summed E-state index contributed by atoms with van der Waals surface area (Å²) in [5, 5.41) is 0. The molecule has 0 fully saturated rings. The van der Waals surface area contributed by atoms with E-state index in [0.717, 1.165) is 4.90 Å². The Balaban J connectivity index is 4.37. The first-order valence-electron chi connectivity index (χ1n) is 4.88. The number of carbonyl (C=O) groups is 2. The van der Waals surface area contributed by atoms with Crippen molar-refractivity contribution in [3.8, 4) is 0 Å². The molecule has 0 aromatic carbocycles. The van der Waals surface area contributed by atoms with Gasteiger partial charge in [-0.15, -0.1) is 0 Å². The van der Waals surface area contributed by atoms with Crippen molar-refractivity contribution in [3.05, 3.63) is 0 Å². The molecule has 17 heavy (non-hydrogen) atoms. The summed E-state index contributed by atoms with van der Waals surface area (Å²) in [6.07, 6.45) is -5.79. The second-order valence-electron chi connectivity index (χ2n) is 3.91. The van der Waals surface area contributed by atoms with Gasteiger partial charge in [-0.2, -0.15) is 13.2 Å². The standard InChI is InChI=1S/C9H15F3N2O3/c1-6(2)3-14(4-7(13)15)8(16)17-5-9(10,11)12/h6H,3-5H2,1-2H3,(H2,13,15). The topological polar surface area (TPSA) is 72.6 Å². The van der Waals surface area contributed by atoms with E-state index in [-0.39, 0.29) is 12.5 Å². The molecule has 0 saturated carbocycles. The number of hydrogen-bond donors (Lipinski definition) is 1. The summed E-state index contributed by atoms with van der Waals surface area (Å²) >= 11 is 0. The van der Waals surface area contributed by atoms with Crippen LogP contribution in [0.3, 0.4) is 0 Å². The van der Waals surface area contributed by atoms with Gasteiger partial charge in [-0.3, -0.25) is 9.69 Å². The largest absolute Gasteiger partial charge is 0.440 e. The van der Waals surface area contributed by atoms with Crippen LogP contribution in [0, 0.1) is 5.92 Å². The fourth-order valence-electron chi connectivity index (χ4n) is 1.07. The number of ether oxygens (including phenoxy) is 1. The van der Waals surface area contributed by atoms with Crippen molar-refractivity contribution in [2.45, 2.75) is 20.0 Å². The average molecular weight is 256 g/mol. The van der Waals surface area contributed by atoms with Gasteiger partial charge in [-0.25, -0.2) is 4.79 Å². The Bertz CT molecular complexity index is 279. The van der Waals surface area contributed by atoms with Crippen molar-refractivity contribution in [3.63, 3.8) is 0 Å². The number of carbonyl (C=O) groups excluding carboxylic acids is 2. The molecule has 0 aliphatic carbocycles. The normalized spacial score (nSPS) is 11.4. The molecule has 8 heteroatoms. The van der Waals surface area contributed by atoms with Crippen LogP contribution in [0.15, 0.2) is 0 Å². The maximum atomic E-state index is 11.8. The maximum Gasteiger partial charge on any atom is 0.422 e. The second-order valence-corrected chi connectivity index (χ2v) is 3.91. The molecule has 0 aliphatic rings. The number of nitrogens with zero attached hydrogens (tertiary/aromatic N) is 1. The highest BCUT2D eigenvalue weighted by molar-refractivity contribution is 5.80. The molecule has 0 aliphatic heterocycles. The highest BCUT2D eigenvalue weighted by atomic mass is 19.4. The van der Waals surface area contributed by atoms with Gasteiger partial charge in [0.25, 0.3) is 0 Å². The molecule has 0 radical (unpaired) electrons. The molecule has 2 amide bonds. The fourth-order valence-corrected chi connectivity index (χ4v) is 1.07. The van der Waals surface area contributed by atoms with Crippen LogP contribution < -0.4 is 5.73 Å². The number of primary amides is 1. The summed E-state index contributed by atoms with van der Waals surface area (Å²) < 4.78 is 39.5. The predicted octanol–water partition coefficient (Wildman–Crippen LogP) is 1.13. The third kappa shape index (κ3) is 8.35. The Morgan fingerprint density at radius 2 is 1.88 bits per heavy atom. The zero-order valence-electron chi connectivity index (χ0n) is 9.58. The van der Waals surface area contributed by atoms with E-state index in [1.165, 1.54) is 0 Å². The van der Waals surface area contributed by atoms with Gasteiger partial charge in [-0.05, 0) is 5.92 Å². The zero-order chi connectivity index (χ0) is 13.6. The van der Waals surface area contributed by atoms with E-state index in [1.807, 2.05) is 0 Å². The smallest absolute Gasteiger partial charge is 0.422 e. The van der Waals surface area contributed by atoms with Gasteiger partial charge in [0.2, 0.25) is 5.91 Å². The van der Waals surface area contributed by atoms with Gasteiger partial charge in [0, 0.05) is 6.54 Å². The van der Waals surface area contributed by atoms with E-state index < -0.39 is 31.3 Å². The summed E-state index contributed by atoms with van der Waals surface area (Å²) in [7, 11) is 0. The lowest BCUT2D eigenvalue weighted by Gasteiger charge is -2.22. The van der Waals surface area contributed by atoms with Gasteiger partial charge in [0.05, 0.1) is 0 Å². The Morgan fingerprint density at radius 3 is 2.24 bits per heavy atom. The van der Waals surface area contributed by atoms with Crippen LogP contribution in [-0.4, -0.2) is 42.8 Å². The SMILES string of the molecule is CC(C)CN(CC(N)=O)C(=O)OCC(F)(F)F. The van der Waals surface area contributed by atoms with Gasteiger partial charge >= 0.3 is 12.3 Å². The number of hydrogen-bond acceptors (Lipinski definition) is 3. The molecule has 100 valence electrons. The monoisotopic (exact) mass is 256 g/mol. The molecule has 5 nitrogen and oxygen atoms in total. The third-order valence-corrected chi connectivity index (χ3v) is 1.55. The van der Waals surface area contributed by atoms with Crippen LogP contribution in [0.2, 0.25) is 0 Å². The van der Waals surface area contributed by atoms with Crippen molar-refractivity contribution in [1.29, 1.82) is 0 Å². The number of rotatable bonds is 5. The van der Waals surface area contributed by atoms with Crippen molar-refractivity contribution >= 4 is 12.0 Å². The van der Waals surface area contributed by atoms with Crippen molar-refractivity contribution in [1.82, 2.24) is 4.90 Å². The predicted molar refractivity (Wildman–Crippen MR) is 53.0 cm³/mol. The molecule has 0 aromatic heterocycles. The Morgan fingerprint density at radius 1 is 1.35 bits per heavy atom. The first-order chi connectivity index (χ1) is 7.61. The molecule has 0 atom stereocenters. The van der Waals surface area contributed by atoms with Crippen LogP contribution in [-0.2, 0) is 9.53 Å². The molecular weight excluding hydrogens is 241 g/mol. The average Bonchev–Trinajstić information content (AvgIpc) is 2.10. The van der Waals surface area contributed by atoms with Crippen molar-refractivity contribution < 1.29 is 27.5 Å². The minimum absolute atomic E-state index is 0.0206. The van der Waals surface area contributed by atoms with Crippen molar-refractivity contribution in [2.24, 2.45) is 11.7 Å². The maximum absolute atomic E-state index is 11.8. The Hall–Kier alpha value is -1.47. The summed E-state index contributed by atoms with van der Waals surface area (Å²) in [5.74, 6) is -0.831. The van der Waals surface area contributed by atoms with E-state index in [1.54, 1.807) is 13.8 Å². The quantitative estimate of drug-likeness (QED) is 0.801. The molecule has 0 heterocycles. The first-order valence-corrected chi connectivity index (χ1v) is 4.88. The van der Waals surface area contributed by atoms with E-state index in [4.69, 9.17) is 5.73 Å². The highest BCUT2D eigenvalue weighted by Gasteiger charge is 2.31. The first kappa shape index (κ1) is 15.5. The van der Waals surface area contributed by atoms with Crippen LogP contribution in [0.4, 0.5) is 18.0 Å². The van der Waals surface area contributed by atoms with Crippen molar-refractivity contribution in [2.75, 3.05) is 19.7 Å². The lowest BCUT2D eigenvalue weighted by molar-refractivity contribution is -0.162. The minimum Gasteiger partial charge on any atom is -0.440 e. The molecule has 0 rings (SSSR count).